The summed E-state index contributed by atoms with van der Waals surface area (Å²) in [5, 5.41) is 2.54. The molecule has 0 bridgehead atoms. The Morgan fingerprint density at radius 2 is 2.00 bits per heavy atom. The number of hydrogen-bond donors (Lipinski definition) is 2. The van der Waals surface area contributed by atoms with Gasteiger partial charge in [0, 0.05) is 6.92 Å². The van der Waals surface area contributed by atoms with Crippen LogP contribution in [-0.4, -0.2) is 24.6 Å². The number of aryl methyl sites for hydroxylation is 2. The zero-order chi connectivity index (χ0) is 13.9. The molecular formula is C12H17NO4S. The monoisotopic (exact) mass is 271 g/mol. The molecule has 0 fully saturated rings. The molecule has 0 aromatic heterocycles. The Kier molecular flexibility index (Phi) is 4.48. The standard InChI is InChI=1S/C12H17NO4S/c1-8-4-5-9(2)11(6-8)12(13-10(3)14)7-18(15,16)17/h4-6,12H,7H2,1-3H3,(H,13,14)(H,15,16,17). The van der Waals surface area contributed by atoms with Crippen LogP contribution in [0.5, 0.6) is 0 Å². The summed E-state index contributed by atoms with van der Waals surface area (Å²) >= 11 is 0. The average molecular weight is 271 g/mol. The molecule has 1 aromatic carbocycles. The molecule has 0 spiro atoms. The van der Waals surface area contributed by atoms with Gasteiger partial charge in [0.1, 0.15) is 0 Å². The van der Waals surface area contributed by atoms with Gasteiger partial charge < -0.3 is 5.32 Å². The van der Waals surface area contributed by atoms with Gasteiger partial charge in [-0.3, -0.25) is 9.35 Å². The van der Waals surface area contributed by atoms with Crippen LogP contribution in [-0.2, 0) is 14.9 Å². The Bertz CT molecular complexity index is 551. The van der Waals surface area contributed by atoms with Gasteiger partial charge in [-0.2, -0.15) is 8.42 Å². The smallest absolute Gasteiger partial charge is 0.267 e. The van der Waals surface area contributed by atoms with E-state index in [0.717, 1.165) is 11.1 Å². The van der Waals surface area contributed by atoms with Gasteiger partial charge in [0.15, 0.2) is 0 Å². The predicted molar refractivity (Wildman–Crippen MR) is 68.9 cm³/mol. The molecule has 6 heteroatoms. The normalized spacial score (nSPS) is 13.1. The molecule has 0 radical (unpaired) electrons. The summed E-state index contributed by atoms with van der Waals surface area (Å²) in [6, 6.07) is 4.82. The van der Waals surface area contributed by atoms with E-state index in [1.54, 1.807) is 6.07 Å². The molecule has 1 atom stereocenters. The molecule has 100 valence electrons. The number of benzene rings is 1. The van der Waals surface area contributed by atoms with Gasteiger partial charge in [0.25, 0.3) is 10.1 Å². The highest BCUT2D eigenvalue weighted by Crippen LogP contribution is 2.20. The zero-order valence-electron chi connectivity index (χ0n) is 10.6. The maximum Gasteiger partial charge on any atom is 0.267 e. The number of carbonyl (C=O) groups is 1. The third kappa shape index (κ3) is 4.46. The molecule has 1 aromatic rings. The minimum atomic E-state index is -4.16. The number of rotatable bonds is 4. The van der Waals surface area contributed by atoms with Gasteiger partial charge >= 0.3 is 0 Å². The fourth-order valence-corrected chi connectivity index (χ4v) is 2.48. The van der Waals surface area contributed by atoms with Crippen LogP contribution in [0.1, 0.15) is 29.7 Å². The van der Waals surface area contributed by atoms with Crippen molar-refractivity contribution < 1.29 is 17.8 Å². The van der Waals surface area contributed by atoms with E-state index < -0.39 is 21.9 Å². The highest BCUT2D eigenvalue weighted by molar-refractivity contribution is 7.85. The summed E-state index contributed by atoms with van der Waals surface area (Å²) in [6.07, 6.45) is 0. The summed E-state index contributed by atoms with van der Waals surface area (Å²) in [4.78, 5) is 11.1. The molecule has 1 unspecified atom stereocenters. The van der Waals surface area contributed by atoms with Crippen LogP contribution in [0.3, 0.4) is 0 Å². The lowest BCUT2D eigenvalue weighted by atomic mass is 10.00. The molecule has 1 amide bonds. The van der Waals surface area contributed by atoms with Crippen molar-refractivity contribution in [1.29, 1.82) is 0 Å². The maximum absolute atomic E-state index is 11.1. The minimum Gasteiger partial charge on any atom is -0.348 e. The number of carbonyl (C=O) groups excluding carboxylic acids is 1. The molecule has 1 rings (SSSR count). The van der Waals surface area contributed by atoms with Crippen LogP contribution in [0.4, 0.5) is 0 Å². The first-order chi connectivity index (χ1) is 8.19. The van der Waals surface area contributed by atoms with Crippen LogP contribution in [0.15, 0.2) is 18.2 Å². The lowest BCUT2D eigenvalue weighted by Gasteiger charge is -2.19. The first-order valence-electron chi connectivity index (χ1n) is 5.48. The molecule has 0 aliphatic heterocycles. The largest absolute Gasteiger partial charge is 0.348 e. The minimum absolute atomic E-state index is 0.343. The first-order valence-corrected chi connectivity index (χ1v) is 7.09. The first kappa shape index (κ1) is 14.7. The summed E-state index contributed by atoms with van der Waals surface area (Å²) in [5.41, 5.74) is 2.52. The van der Waals surface area contributed by atoms with Crippen LogP contribution in [0.2, 0.25) is 0 Å². The van der Waals surface area contributed by atoms with Crippen LogP contribution in [0.25, 0.3) is 0 Å². The van der Waals surface area contributed by atoms with Gasteiger partial charge in [-0.05, 0) is 25.0 Å². The van der Waals surface area contributed by atoms with E-state index in [1.165, 1.54) is 6.92 Å². The molecule has 0 heterocycles. The number of nitrogens with one attached hydrogen (secondary N) is 1. The van der Waals surface area contributed by atoms with Crippen molar-refractivity contribution in [1.82, 2.24) is 5.32 Å². The topological polar surface area (TPSA) is 83.5 Å². The van der Waals surface area contributed by atoms with Crippen molar-refractivity contribution in [3.8, 4) is 0 Å². The summed E-state index contributed by atoms with van der Waals surface area (Å²) < 4.78 is 30.9. The fraction of sp³-hybridized carbons (Fsp3) is 0.417. The Labute approximate surface area is 107 Å². The summed E-state index contributed by atoms with van der Waals surface area (Å²) in [6.45, 7) is 5.01. The zero-order valence-corrected chi connectivity index (χ0v) is 11.4. The van der Waals surface area contributed by atoms with Gasteiger partial charge in [0.2, 0.25) is 5.91 Å². The van der Waals surface area contributed by atoms with Crippen molar-refractivity contribution in [3.05, 3.63) is 34.9 Å². The highest BCUT2D eigenvalue weighted by atomic mass is 32.2. The Morgan fingerprint density at radius 1 is 1.39 bits per heavy atom. The van der Waals surface area contributed by atoms with Crippen LogP contribution >= 0.6 is 0 Å². The second-order valence-corrected chi connectivity index (χ2v) is 5.86. The molecule has 2 N–H and O–H groups in total. The highest BCUT2D eigenvalue weighted by Gasteiger charge is 2.21. The van der Waals surface area contributed by atoms with E-state index >= 15 is 0 Å². The number of amides is 1. The van der Waals surface area contributed by atoms with Crippen molar-refractivity contribution in [2.45, 2.75) is 26.8 Å². The predicted octanol–water partition coefficient (Wildman–Crippen LogP) is 1.37. The molecule has 0 saturated heterocycles. The van der Waals surface area contributed by atoms with Gasteiger partial charge in [-0.15, -0.1) is 0 Å². The molecule has 18 heavy (non-hydrogen) atoms. The Balaban J connectivity index is 3.16. The van der Waals surface area contributed by atoms with Crippen molar-refractivity contribution in [2.24, 2.45) is 0 Å². The van der Waals surface area contributed by atoms with E-state index in [4.69, 9.17) is 4.55 Å². The molecule has 0 aliphatic carbocycles. The lowest BCUT2D eigenvalue weighted by molar-refractivity contribution is -0.119. The third-order valence-electron chi connectivity index (χ3n) is 2.56. The molecule has 5 nitrogen and oxygen atoms in total. The average Bonchev–Trinajstić information content (AvgIpc) is 2.18. The Morgan fingerprint density at radius 3 is 2.50 bits per heavy atom. The van der Waals surface area contributed by atoms with Crippen molar-refractivity contribution in [2.75, 3.05) is 5.75 Å². The summed E-state index contributed by atoms with van der Waals surface area (Å²) in [5.74, 6) is -0.874. The van der Waals surface area contributed by atoms with Gasteiger partial charge in [-0.25, -0.2) is 0 Å². The fourth-order valence-electron chi connectivity index (χ4n) is 1.80. The Hall–Kier alpha value is -1.40. The SMILES string of the molecule is CC(=O)NC(CS(=O)(=O)O)c1cc(C)ccc1C. The van der Waals surface area contributed by atoms with Crippen LogP contribution < -0.4 is 5.32 Å². The van der Waals surface area contributed by atoms with E-state index in [1.807, 2.05) is 26.0 Å². The van der Waals surface area contributed by atoms with E-state index in [9.17, 15) is 13.2 Å². The molecule has 0 aliphatic rings. The number of hydrogen-bond acceptors (Lipinski definition) is 3. The van der Waals surface area contributed by atoms with Crippen molar-refractivity contribution in [3.63, 3.8) is 0 Å². The van der Waals surface area contributed by atoms with E-state index in [-0.39, 0.29) is 5.91 Å². The third-order valence-corrected chi connectivity index (χ3v) is 3.32. The van der Waals surface area contributed by atoms with E-state index in [2.05, 4.69) is 5.32 Å². The quantitative estimate of drug-likeness (QED) is 0.810. The van der Waals surface area contributed by atoms with Crippen molar-refractivity contribution >= 4 is 16.0 Å². The molecule has 0 saturated carbocycles. The maximum atomic E-state index is 11.1. The van der Waals surface area contributed by atoms with Gasteiger partial charge in [0.05, 0.1) is 11.8 Å². The molecular weight excluding hydrogens is 254 g/mol. The second-order valence-electron chi connectivity index (χ2n) is 4.36. The lowest BCUT2D eigenvalue weighted by Crippen LogP contribution is -2.32. The summed E-state index contributed by atoms with van der Waals surface area (Å²) in [7, 11) is -4.16. The van der Waals surface area contributed by atoms with E-state index in [0.29, 0.717) is 5.56 Å². The van der Waals surface area contributed by atoms with Gasteiger partial charge in [-0.1, -0.05) is 23.8 Å². The second kappa shape index (κ2) is 5.49. The van der Waals surface area contributed by atoms with Crippen LogP contribution in [0, 0.1) is 13.8 Å².